The summed E-state index contributed by atoms with van der Waals surface area (Å²) in [6.07, 6.45) is -2.45. The van der Waals surface area contributed by atoms with Crippen LogP contribution in [0.25, 0.3) is 0 Å². The average Bonchev–Trinajstić information content (AvgIpc) is 3.13. The van der Waals surface area contributed by atoms with Gasteiger partial charge in [0, 0.05) is 48.8 Å². The number of alkyl halides is 6. The Labute approximate surface area is 225 Å². The second-order valence-electron chi connectivity index (χ2n) is 12.9. The van der Waals surface area contributed by atoms with Gasteiger partial charge in [-0.2, -0.15) is 36.5 Å². The third-order valence-electron chi connectivity index (χ3n) is 9.41. The molecule has 40 heavy (non-hydrogen) atoms. The van der Waals surface area contributed by atoms with Gasteiger partial charge in [0.15, 0.2) is 11.5 Å². The standard InChI is InChI=1S/C25H29F6N7O2/c26-24(27,28)13-37-8-16(18(33-37)25(29,30)31)3-15-4-21(5-15)9-35(10-21)20(39)36-11-22(12-36)6-17(7-22)38-14-32-19(34-38)23(40)1-2-23/h8,14-15,17,40H,1-7,9-13H2. The third kappa shape index (κ3) is 4.44. The van der Waals surface area contributed by atoms with Gasteiger partial charge in [0.2, 0.25) is 0 Å². The molecule has 15 heteroatoms. The van der Waals surface area contributed by atoms with Crippen LogP contribution in [0.3, 0.4) is 0 Å². The lowest BCUT2D eigenvalue weighted by atomic mass is 9.56. The van der Waals surface area contributed by atoms with Gasteiger partial charge in [0.1, 0.15) is 18.5 Å². The topological polar surface area (TPSA) is 92.3 Å². The Hall–Kier alpha value is -2.84. The fraction of sp³-hybridized carbons (Fsp3) is 0.760. The molecule has 1 N–H and O–H groups in total. The van der Waals surface area contributed by atoms with E-state index in [9.17, 15) is 36.2 Å². The quantitative estimate of drug-likeness (QED) is 0.551. The minimum atomic E-state index is -4.82. The van der Waals surface area contributed by atoms with Gasteiger partial charge in [-0.15, -0.1) is 0 Å². The first-order valence-corrected chi connectivity index (χ1v) is 13.5. The van der Waals surface area contributed by atoms with Crippen LogP contribution in [0, 0.1) is 16.7 Å². The molecule has 0 radical (unpaired) electrons. The van der Waals surface area contributed by atoms with Crippen molar-refractivity contribution in [3.05, 3.63) is 29.6 Å². The molecular weight excluding hydrogens is 544 g/mol. The van der Waals surface area contributed by atoms with E-state index in [1.54, 1.807) is 11.2 Å². The summed E-state index contributed by atoms with van der Waals surface area (Å²) in [5, 5.41) is 17.8. The van der Waals surface area contributed by atoms with Crippen molar-refractivity contribution >= 4 is 6.03 Å². The van der Waals surface area contributed by atoms with E-state index in [1.807, 2.05) is 9.58 Å². The van der Waals surface area contributed by atoms with E-state index in [2.05, 4.69) is 15.2 Å². The number of hydrogen-bond acceptors (Lipinski definition) is 5. The van der Waals surface area contributed by atoms with Gasteiger partial charge in [0.25, 0.3) is 0 Å². The van der Waals surface area contributed by atoms with Crippen LogP contribution >= 0.6 is 0 Å². The van der Waals surface area contributed by atoms with Crippen LogP contribution in [0.4, 0.5) is 31.1 Å². The molecule has 3 aliphatic carbocycles. The number of aliphatic hydroxyl groups is 1. The molecule has 2 aromatic rings. The first-order chi connectivity index (χ1) is 18.6. The first-order valence-electron chi connectivity index (χ1n) is 13.5. The van der Waals surface area contributed by atoms with Crippen molar-refractivity contribution in [3.8, 4) is 0 Å². The summed E-state index contributed by atoms with van der Waals surface area (Å²) < 4.78 is 80.2. The number of urea groups is 1. The fourth-order valence-electron chi connectivity index (χ4n) is 7.38. The Morgan fingerprint density at radius 1 is 0.950 bits per heavy atom. The molecule has 2 aliphatic heterocycles. The molecule has 0 bridgehead atoms. The van der Waals surface area contributed by atoms with Crippen molar-refractivity contribution in [1.82, 2.24) is 34.3 Å². The SMILES string of the molecule is O=C(N1CC2(CC(Cc3cn(CC(F)(F)F)nc3C(F)(F)F)C2)C1)N1CC2(CC(n3cnc(C4(O)CC4)n3)C2)C1. The summed E-state index contributed by atoms with van der Waals surface area (Å²) >= 11 is 0. The van der Waals surface area contributed by atoms with Crippen LogP contribution in [-0.4, -0.2) is 77.8 Å². The van der Waals surface area contributed by atoms with E-state index in [0.29, 0.717) is 62.4 Å². The van der Waals surface area contributed by atoms with Gasteiger partial charge in [-0.05, 0) is 50.9 Å². The van der Waals surface area contributed by atoms with E-state index in [-0.39, 0.29) is 40.8 Å². The van der Waals surface area contributed by atoms with Crippen molar-refractivity contribution < 1.29 is 36.2 Å². The molecular formula is C25H29F6N7O2. The maximum Gasteiger partial charge on any atom is 0.435 e. The Morgan fingerprint density at radius 2 is 1.55 bits per heavy atom. The molecule has 2 spiro atoms. The number of hydrogen-bond donors (Lipinski definition) is 1. The molecule has 0 atom stereocenters. The summed E-state index contributed by atoms with van der Waals surface area (Å²) in [5.41, 5.74) is -2.33. The Bertz CT molecular complexity index is 1320. The lowest BCUT2D eigenvalue weighted by Gasteiger charge is -2.63. The number of halogens is 6. The Kier molecular flexibility index (Phi) is 5.30. The van der Waals surface area contributed by atoms with Gasteiger partial charge in [-0.1, -0.05) is 0 Å². The fourth-order valence-corrected chi connectivity index (χ4v) is 7.38. The average molecular weight is 574 g/mol. The molecule has 2 aromatic heterocycles. The highest BCUT2D eigenvalue weighted by molar-refractivity contribution is 5.77. The van der Waals surface area contributed by atoms with Crippen LogP contribution < -0.4 is 0 Å². The van der Waals surface area contributed by atoms with Crippen molar-refractivity contribution in [2.45, 2.75) is 75.5 Å². The van der Waals surface area contributed by atoms with Crippen LogP contribution in [0.5, 0.6) is 0 Å². The summed E-state index contributed by atoms with van der Waals surface area (Å²) in [5.74, 6) is 0.403. The smallest absolute Gasteiger partial charge is 0.382 e. The van der Waals surface area contributed by atoms with E-state index in [0.717, 1.165) is 19.0 Å². The van der Waals surface area contributed by atoms with Gasteiger partial charge >= 0.3 is 18.4 Å². The highest BCUT2D eigenvalue weighted by Crippen LogP contribution is 2.56. The van der Waals surface area contributed by atoms with Crippen molar-refractivity contribution in [1.29, 1.82) is 0 Å². The van der Waals surface area contributed by atoms with Crippen LogP contribution in [0.2, 0.25) is 0 Å². The number of nitrogens with zero attached hydrogens (tertiary/aromatic N) is 7. The molecule has 0 aromatic carbocycles. The number of aromatic nitrogens is 5. The maximum atomic E-state index is 13.4. The van der Waals surface area contributed by atoms with Crippen LogP contribution in [-0.2, 0) is 24.7 Å². The van der Waals surface area contributed by atoms with Gasteiger partial charge in [-0.3, -0.25) is 4.68 Å². The van der Waals surface area contributed by atoms with Crippen molar-refractivity contribution in [2.24, 2.45) is 16.7 Å². The molecule has 2 saturated heterocycles. The zero-order chi connectivity index (χ0) is 28.3. The largest absolute Gasteiger partial charge is 0.435 e. The summed E-state index contributed by atoms with van der Waals surface area (Å²) in [6.45, 7) is 0.910. The zero-order valence-electron chi connectivity index (χ0n) is 21.5. The van der Waals surface area contributed by atoms with Gasteiger partial charge in [0.05, 0.1) is 6.04 Å². The summed E-state index contributed by atoms with van der Waals surface area (Å²) in [7, 11) is 0. The Morgan fingerprint density at radius 3 is 2.10 bits per heavy atom. The lowest BCUT2D eigenvalue weighted by molar-refractivity contribution is -0.149. The molecule has 0 unspecified atom stereocenters. The Balaban J connectivity index is 0.868. The minimum absolute atomic E-state index is 0.0186. The maximum absolute atomic E-state index is 13.4. The third-order valence-corrected chi connectivity index (χ3v) is 9.41. The molecule has 3 saturated carbocycles. The van der Waals surface area contributed by atoms with E-state index < -0.39 is 30.2 Å². The normalized spacial score (nSPS) is 25.0. The monoisotopic (exact) mass is 573 g/mol. The lowest BCUT2D eigenvalue weighted by Crippen LogP contribution is -2.71. The number of rotatable bonds is 5. The molecule has 4 heterocycles. The second kappa shape index (κ2) is 8.13. The van der Waals surface area contributed by atoms with Crippen LogP contribution in [0.15, 0.2) is 12.5 Å². The summed E-state index contributed by atoms with van der Waals surface area (Å²) in [4.78, 5) is 20.8. The molecule has 7 rings (SSSR count). The highest BCUT2D eigenvalue weighted by Gasteiger charge is 2.59. The number of carbonyl (C=O) groups excluding carboxylic acids is 1. The molecule has 5 aliphatic rings. The number of amides is 2. The molecule has 2 amide bonds. The van der Waals surface area contributed by atoms with Crippen molar-refractivity contribution in [3.63, 3.8) is 0 Å². The predicted octanol–water partition coefficient (Wildman–Crippen LogP) is 3.75. The van der Waals surface area contributed by atoms with E-state index in [4.69, 9.17) is 0 Å². The summed E-state index contributed by atoms with van der Waals surface area (Å²) in [6, 6.07) is 0.202. The zero-order valence-corrected chi connectivity index (χ0v) is 21.5. The molecule has 218 valence electrons. The molecule has 9 nitrogen and oxygen atoms in total. The van der Waals surface area contributed by atoms with Gasteiger partial charge in [-0.25, -0.2) is 14.5 Å². The van der Waals surface area contributed by atoms with E-state index >= 15 is 0 Å². The second-order valence-corrected chi connectivity index (χ2v) is 12.9. The number of carbonyl (C=O) groups is 1. The van der Waals surface area contributed by atoms with Gasteiger partial charge < -0.3 is 14.9 Å². The van der Waals surface area contributed by atoms with Crippen molar-refractivity contribution in [2.75, 3.05) is 26.2 Å². The predicted molar refractivity (Wildman–Crippen MR) is 125 cm³/mol. The minimum Gasteiger partial charge on any atom is -0.382 e. The first kappa shape index (κ1) is 26.1. The number of likely N-dealkylation sites (tertiary alicyclic amines) is 2. The highest BCUT2D eigenvalue weighted by atomic mass is 19.4. The molecule has 5 fully saturated rings. The van der Waals surface area contributed by atoms with E-state index in [1.165, 1.54) is 0 Å². The van der Waals surface area contributed by atoms with Crippen LogP contribution in [0.1, 0.15) is 61.6 Å².